The number of aliphatic hydroxyl groups is 1. The zero-order valence-corrected chi connectivity index (χ0v) is 13.4. The summed E-state index contributed by atoms with van der Waals surface area (Å²) in [6.45, 7) is 1.28. The van der Waals surface area contributed by atoms with Crippen molar-refractivity contribution >= 4 is 17.6 Å². The van der Waals surface area contributed by atoms with E-state index in [1.165, 1.54) is 31.1 Å². The van der Waals surface area contributed by atoms with E-state index in [0.717, 1.165) is 0 Å². The summed E-state index contributed by atoms with van der Waals surface area (Å²) >= 11 is 0. The lowest BCUT2D eigenvalue weighted by Crippen LogP contribution is -2.33. The first-order chi connectivity index (χ1) is 11.9. The van der Waals surface area contributed by atoms with Crippen LogP contribution in [0.1, 0.15) is 12.6 Å². The van der Waals surface area contributed by atoms with Crippen molar-refractivity contribution < 1.29 is 37.7 Å². The molecule has 1 atom stereocenters. The van der Waals surface area contributed by atoms with Crippen LogP contribution in [0, 0.1) is 0 Å². The number of ether oxygens (including phenoxy) is 1. The molecule has 0 spiro atoms. The summed E-state index contributed by atoms with van der Waals surface area (Å²) in [4.78, 5) is 24.4. The number of carboxylic acids is 1. The molecule has 2 rings (SSSR count). The standard InChI is InChI=1S/C11H13N5O3.C2HF3O2/c1-11(18,10(17)19-2)8-6-16(15-14-8)9-5-7(12)3-4-13-9;3-2(4,5)1(6)7/h3-6,18H,1-2H3,(H2,12,13);(H,6,7). The Morgan fingerprint density at radius 1 is 1.35 bits per heavy atom. The highest BCUT2D eigenvalue weighted by molar-refractivity contribution is 5.79. The van der Waals surface area contributed by atoms with Gasteiger partial charge in [-0.05, 0) is 13.0 Å². The summed E-state index contributed by atoms with van der Waals surface area (Å²) in [5.74, 6) is -3.15. The van der Waals surface area contributed by atoms with Crippen molar-refractivity contribution in [3.63, 3.8) is 0 Å². The van der Waals surface area contributed by atoms with Crippen molar-refractivity contribution in [3.05, 3.63) is 30.2 Å². The van der Waals surface area contributed by atoms with Crippen LogP contribution in [0.25, 0.3) is 5.82 Å². The number of aliphatic carboxylic acids is 1. The van der Waals surface area contributed by atoms with Gasteiger partial charge in [-0.15, -0.1) is 5.10 Å². The SMILES string of the molecule is COC(=O)C(C)(O)c1cn(-c2cc(N)ccn2)nn1.O=C(O)C(F)(F)F. The number of carbonyl (C=O) groups is 2. The number of nitrogens with zero attached hydrogens (tertiary/aromatic N) is 4. The van der Waals surface area contributed by atoms with Gasteiger partial charge in [0.05, 0.1) is 13.3 Å². The van der Waals surface area contributed by atoms with Gasteiger partial charge in [0, 0.05) is 18.0 Å². The molecule has 0 aliphatic rings. The Labute approximate surface area is 144 Å². The number of carbonyl (C=O) groups excluding carboxylic acids is 1. The monoisotopic (exact) mass is 377 g/mol. The molecule has 0 fully saturated rings. The molecule has 10 nitrogen and oxygen atoms in total. The predicted molar refractivity (Wildman–Crippen MR) is 78.8 cm³/mol. The van der Waals surface area contributed by atoms with Gasteiger partial charge in [0.15, 0.2) is 5.82 Å². The quantitative estimate of drug-likeness (QED) is 0.639. The molecular formula is C13H14F3N5O5. The second-order valence-corrected chi connectivity index (χ2v) is 4.86. The summed E-state index contributed by atoms with van der Waals surface area (Å²) in [6.07, 6.45) is -2.18. The second kappa shape index (κ2) is 7.77. The summed E-state index contributed by atoms with van der Waals surface area (Å²) in [5, 5.41) is 24.7. The summed E-state index contributed by atoms with van der Waals surface area (Å²) in [6, 6.07) is 3.22. The Morgan fingerprint density at radius 2 is 1.92 bits per heavy atom. The van der Waals surface area contributed by atoms with E-state index < -0.39 is 23.7 Å². The Hall–Kier alpha value is -3.22. The van der Waals surface area contributed by atoms with Crippen molar-refractivity contribution in [2.75, 3.05) is 12.8 Å². The maximum Gasteiger partial charge on any atom is 0.490 e. The molecule has 0 saturated heterocycles. The van der Waals surface area contributed by atoms with Crippen molar-refractivity contribution in [2.24, 2.45) is 0 Å². The number of nitrogen functional groups attached to an aromatic ring is 1. The van der Waals surface area contributed by atoms with Crippen LogP contribution < -0.4 is 5.73 Å². The van der Waals surface area contributed by atoms with E-state index in [9.17, 15) is 23.1 Å². The molecule has 0 amide bonds. The van der Waals surface area contributed by atoms with Crippen molar-refractivity contribution in [1.29, 1.82) is 0 Å². The number of alkyl halides is 3. The minimum Gasteiger partial charge on any atom is -0.475 e. The van der Waals surface area contributed by atoms with Gasteiger partial charge in [0.1, 0.15) is 5.69 Å². The molecule has 26 heavy (non-hydrogen) atoms. The highest BCUT2D eigenvalue weighted by atomic mass is 19.4. The van der Waals surface area contributed by atoms with Gasteiger partial charge < -0.3 is 20.7 Å². The number of hydrogen-bond acceptors (Lipinski definition) is 8. The lowest BCUT2D eigenvalue weighted by atomic mass is 10.0. The van der Waals surface area contributed by atoms with E-state index in [4.69, 9.17) is 15.6 Å². The van der Waals surface area contributed by atoms with Gasteiger partial charge in [-0.1, -0.05) is 5.21 Å². The number of rotatable bonds is 3. The first-order valence-corrected chi connectivity index (χ1v) is 6.65. The van der Waals surface area contributed by atoms with Crippen molar-refractivity contribution in [1.82, 2.24) is 20.0 Å². The fourth-order valence-electron chi connectivity index (χ4n) is 1.46. The normalized spacial score (nSPS) is 13.2. The van der Waals surface area contributed by atoms with Gasteiger partial charge in [-0.2, -0.15) is 13.2 Å². The van der Waals surface area contributed by atoms with Crippen LogP contribution in [0.3, 0.4) is 0 Å². The molecular weight excluding hydrogens is 363 g/mol. The zero-order chi connectivity index (χ0) is 20.1. The molecule has 2 aromatic rings. The molecule has 0 aliphatic carbocycles. The average molecular weight is 377 g/mol. The smallest absolute Gasteiger partial charge is 0.475 e. The lowest BCUT2D eigenvalue weighted by Gasteiger charge is -2.16. The van der Waals surface area contributed by atoms with E-state index >= 15 is 0 Å². The van der Waals surface area contributed by atoms with E-state index in [2.05, 4.69) is 20.0 Å². The van der Waals surface area contributed by atoms with E-state index in [1.807, 2.05) is 0 Å². The predicted octanol–water partition coefficient (Wildman–Crippen LogP) is 0.258. The summed E-state index contributed by atoms with van der Waals surface area (Å²) in [7, 11) is 1.18. The topological polar surface area (TPSA) is 153 Å². The molecule has 1 unspecified atom stereocenters. The molecule has 0 aromatic carbocycles. The second-order valence-electron chi connectivity index (χ2n) is 4.86. The largest absolute Gasteiger partial charge is 0.490 e. The van der Waals surface area contributed by atoms with E-state index in [-0.39, 0.29) is 5.69 Å². The number of pyridine rings is 1. The Balaban J connectivity index is 0.000000412. The van der Waals surface area contributed by atoms with Crippen molar-refractivity contribution in [3.8, 4) is 5.82 Å². The Bertz CT molecular complexity index is 790. The first-order valence-electron chi connectivity index (χ1n) is 6.65. The van der Waals surface area contributed by atoms with Crippen molar-refractivity contribution in [2.45, 2.75) is 18.7 Å². The Morgan fingerprint density at radius 3 is 2.38 bits per heavy atom. The summed E-state index contributed by atoms with van der Waals surface area (Å²) in [5.41, 5.74) is 4.34. The average Bonchev–Trinajstić information content (AvgIpc) is 3.04. The van der Waals surface area contributed by atoms with Gasteiger partial charge >= 0.3 is 18.1 Å². The van der Waals surface area contributed by atoms with Gasteiger partial charge in [-0.25, -0.2) is 19.3 Å². The number of aromatic nitrogens is 4. The third-order valence-corrected chi connectivity index (χ3v) is 2.82. The molecule has 142 valence electrons. The fraction of sp³-hybridized carbons (Fsp3) is 0.308. The van der Waals surface area contributed by atoms with E-state index in [0.29, 0.717) is 11.5 Å². The highest BCUT2D eigenvalue weighted by Gasteiger charge is 2.38. The number of hydrogen-bond donors (Lipinski definition) is 3. The highest BCUT2D eigenvalue weighted by Crippen LogP contribution is 2.20. The number of halogens is 3. The van der Waals surface area contributed by atoms with Crippen LogP contribution in [0.2, 0.25) is 0 Å². The summed E-state index contributed by atoms with van der Waals surface area (Å²) < 4.78 is 37.5. The molecule has 0 aliphatic heterocycles. The number of anilines is 1. The third-order valence-electron chi connectivity index (χ3n) is 2.82. The van der Waals surface area contributed by atoms with Crippen LogP contribution >= 0.6 is 0 Å². The fourth-order valence-corrected chi connectivity index (χ4v) is 1.46. The van der Waals surface area contributed by atoms with Crippen LogP contribution in [0.4, 0.5) is 18.9 Å². The van der Waals surface area contributed by atoms with Gasteiger partial charge in [0.25, 0.3) is 0 Å². The molecule has 0 radical (unpaired) electrons. The number of esters is 1. The molecule has 0 saturated carbocycles. The van der Waals surface area contributed by atoms with Crippen LogP contribution in [-0.2, 0) is 19.9 Å². The van der Waals surface area contributed by atoms with E-state index in [1.54, 1.807) is 12.1 Å². The number of nitrogens with two attached hydrogens (primary N) is 1. The Kier molecular flexibility index (Phi) is 6.23. The zero-order valence-electron chi connectivity index (χ0n) is 13.4. The molecule has 2 aromatic heterocycles. The van der Waals surface area contributed by atoms with Crippen LogP contribution in [-0.4, -0.2) is 55.4 Å². The minimum absolute atomic E-state index is 0.0589. The van der Waals surface area contributed by atoms with Crippen LogP contribution in [0.15, 0.2) is 24.5 Å². The van der Waals surface area contributed by atoms with Crippen LogP contribution in [0.5, 0.6) is 0 Å². The molecule has 0 bridgehead atoms. The lowest BCUT2D eigenvalue weighted by molar-refractivity contribution is -0.192. The number of methoxy groups -OCH3 is 1. The number of carboxylic acid groups (broad SMARTS) is 1. The molecule has 2 heterocycles. The third kappa shape index (κ3) is 5.14. The van der Waals surface area contributed by atoms with Gasteiger partial charge in [0.2, 0.25) is 5.60 Å². The maximum atomic E-state index is 11.4. The first kappa shape index (κ1) is 20.8. The van der Waals surface area contributed by atoms with Gasteiger partial charge in [-0.3, -0.25) is 0 Å². The molecule has 4 N–H and O–H groups in total. The maximum absolute atomic E-state index is 11.4. The molecule has 13 heteroatoms. The minimum atomic E-state index is -5.08.